The molecule has 0 bridgehead atoms. The second-order valence-electron chi connectivity index (χ2n) is 6.20. The summed E-state index contributed by atoms with van der Waals surface area (Å²) in [4.78, 5) is 2.38. The minimum absolute atomic E-state index is 0.166. The number of hydrogen-bond donors (Lipinski definition) is 1. The fourth-order valence-electron chi connectivity index (χ4n) is 2.43. The van der Waals surface area contributed by atoms with E-state index in [0.29, 0.717) is 23.0 Å². The van der Waals surface area contributed by atoms with E-state index in [2.05, 4.69) is 23.8 Å². The van der Waals surface area contributed by atoms with Crippen LogP contribution >= 0.6 is 0 Å². The van der Waals surface area contributed by atoms with E-state index in [9.17, 15) is 8.42 Å². The monoisotopic (exact) mass is 376 g/mol. The third kappa shape index (κ3) is 5.23. The molecule has 0 atom stereocenters. The Kier molecular flexibility index (Phi) is 6.63. The van der Waals surface area contributed by atoms with Crippen LogP contribution in [0.1, 0.15) is 25.0 Å². The zero-order chi connectivity index (χ0) is 19.2. The Balaban J connectivity index is 2.13. The Bertz CT molecular complexity index is 860. The second-order valence-corrected chi connectivity index (χ2v) is 7.86. The number of rotatable bonds is 8. The van der Waals surface area contributed by atoms with Crippen LogP contribution in [0, 0.1) is 5.92 Å². The molecule has 0 saturated carbocycles. The van der Waals surface area contributed by atoms with Crippen LogP contribution in [0.5, 0.6) is 11.5 Å². The Morgan fingerprint density at radius 1 is 1.08 bits per heavy atom. The summed E-state index contributed by atoms with van der Waals surface area (Å²) >= 11 is 0. The summed E-state index contributed by atoms with van der Waals surface area (Å²) in [6, 6.07) is 12.0. The predicted molar refractivity (Wildman–Crippen MR) is 102 cm³/mol. The summed E-state index contributed by atoms with van der Waals surface area (Å²) in [5, 5.41) is 3.85. The lowest BCUT2D eigenvalue weighted by Crippen LogP contribution is -2.18. The first-order valence-corrected chi connectivity index (χ1v) is 9.70. The highest BCUT2D eigenvalue weighted by atomic mass is 32.2. The number of ether oxygens (including phenoxy) is 2. The topological polar surface area (TPSA) is 77.0 Å². The predicted octanol–water partition coefficient (Wildman–Crippen LogP) is 3.21. The van der Waals surface area contributed by atoms with Gasteiger partial charge in [0.1, 0.15) is 11.5 Å². The molecular weight excluding hydrogens is 352 g/mol. The van der Waals surface area contributed by atoms with E-state index < -0.39 is 10.0 Å². The van der Waals surface area contributed by atoms with E-state index in [0.717, 1.165) is 12.0 Å². The first-order valence-electron chi connectivity index (χ1n) is 8.21. The van der Waals surface area contributed by atoms with Gasteiger partial charge in [-0.3, -0.25) is 0 Å². The van der Waals surface area contributed by atoms with Gasteiger partial charge in [0.05, 0.1) is 25.3 Å². The van der Waals surface area contributed by atoms with E-state index in [1.165, 1.54) is 13.3 Å². The Morgan fingerprint density at radius 3 is 2.35 bits per heavy atom. The molecule has 0 aliphatic carbocycles. The number of hydrazone groups is 1. The van der Waals surface area contributed by atoms with Crippen molar-refractivity contribution in [2.75, 3.05) is 14.2 Å². The lowest BCUT2D eigenvalue weighted by atomic mass is 10.0. The number of benzene rings is 2. The summed E-state index contributed by atoms with van der Waals surface area (Å²) in [7, 11) is -0.651. The molecule has 0 radical (unpaired) electrons. The first-order chi connectivity index (χ1) is 12.4. The molecule has 0 saturated heterocycles. The fraction of sp³-hybridized carbons (Fsp3) is 0.316. The quantitative estimate of drug-likeness (QED) is 0.567. The summed E-state index contributed by atoms with van der Waals surface area (Å²) in [5.74, 6) is 1.70. The van der Waals surface area contributed by atoms with Gasteiger partial charge in [-0.15, -0.1) is 0 Å². The Labute approximate surface area is 154 Å². The van der Waals surface area contributed by atoms with Crippen LogP contribution in [0.15, 0.2) is 52.5 Å². The van der Waals surface area contributed by atoms with Crippen molar-refractivity contribution in [3.05, 3.63) is 53.6 Å². The molecule has 26 heavy (non-hydrogen) atoms. The van der Waals surface area contributed by atoms with Gasteiger partial charge >= 0.3 is 0 Å². The molecule has 0 amide bonds. The van der Waals surface area contributed by atoms with E-state index in [4.69, 9.17) is 9.47 Å². The zero-order valence-electron chi connectivity index (χ0n) is 15.4. The van der Waals surface area contributed by atoms with Gasteiger partial charge in [-0.1, -0.05) is 26.0 Å². The maximum Gasteiger partial charge on any atom is 0.276 e. The molecule has 0 fully saturated rings. The largest absolute Gasteiger partial charge is 0.497 e. The molecule has 140 valence electrons. The minimum atomic E-state index is -3.73. The number of nitrogens with zero attached hydrogens (tertiary/aromatic N) is 1. The van der Waals surface area contributed by atoms with Gasteiger partial charge in [-0.25, -0.2) is 4.83 Å². The first kappa shape index (κ1) is 19.8. The molecule has 0 spiro atoms. The van der Waals surface area contributed by atoms with Crippen molar-refractivity contribution in [1.82, 2.24) is 4.83 Å². The molecule has 2 aromatic rings. The molecule has 7 heteroatoms. The fourth-order valence-corrected chi connectivity index (χ4v) is 3.23. The number of sulfonamides is 1. The van der Waals surface area contributed by atoms with Gasteiger partial charge in [0.2, 0.25) is 0 Å². The molecule has 1 N–H and O–H groups in total. The van der Waals surface area contributed by atoms with Crippen molar-refractivity contribution >= 4 is 16.2 Å². The molecule has 6 nitrogen and oxygen atoms in total. The standard InChI is InChI=1S/C19H24N2O4S/c1-14(2)11-15-5-8-18(9-6-15)26(22,23)21-20-13-16-12-17(24-3)7-10-19(16)25-4/h5-10,12-14,21H,11H2,1-4H3/b20-13-. The number of hydrogen-bond acceptors (Lipinski definition) is 5. The second kappa shape index (κ2) is 8.71. The average molecular weight is 376 g/mol. The van der Waals surface area contributed by atoms with Crippen molar-refractivity contribution < 1.29 is 17.9 Å². The molecule has 0 unspecified atom stereocenters. The summed E-state index contributed by atoms with van der Waals surface area (Å²) in [6.45, 7) is 4.24. The summed E-state index contributed by atoms with van der Waals surface area (Å²) < 4.78 is 35.1. The van der Waals surface area contributed by atoms with E-state index in [1.54, 1.807) is 37.4 Å². The molecule has 0 heterocycles. The molecule has 0 aliphatic rings. The maximum atomic E-state index is 12.4. The summed E-state index contributed by atoms with van der Waals surface area (Å²) in [5.41, 5.74) is 1.70. The SMILES string of the molecule is COc1ccc(OC)c(/C=N\NS(=O)(=O)c2ccc(CC(C)C)cc2)c1. The average Bonchev–Trinajstić information content (AvgIpc) is 2.61. The van der Waals surface area contributed by atoms with Crippen molar-refractivity contribution in [2.24, 2.45) is 11.0 Å². The van der Waals surface area contributed by atoms with Crippen molar-refractivity contribution in [2.45, 2.75) is 25.2 Å². The van der Waals surface area contributed by atoms with Crippen molar-refractivity contribution in [3.63, 3.8) is 0 Å². The third-order valence-corrected chi connectivity index (χ3v) is 4.93. The lowest BCUT2D eigenvalue weighted by Gasteiger charge is -2.08. The molecule has 2 rings (SSSR count). The maximum absolute atomic E-state index is 12.4. The van der Waals surface area contributed by atoms with Gasteiger partial charge < -0.3 is 9.47 Å². The minimum Gasteiger partial charge on any atom is -0.497 e. The van der Waals surface area contributed by atoms with E-state index >= 15 is 0 Å². The van der Waals surface area contributed by atoms with Gasteiger partial charge in [-0.05, 0) is 48.2 Å². The highest BCUT2D eigenvalue weighted by Gasteiger charge is 2.13. The van der Waals surface area contributed by atoms with Gasteiger partial charge in [0.25, 0.3) is 10.0 Å². The van der Waals surface area contributed by atoms with Crippen molar-refractivity contribution in [1.29, 1.82) is 0 Å². The molecule has 0 aliphatic heterocycles. The number of nitrogens with one attached hydrogen (secondary N) is 1. The van der Waals surface area contributed by atoms with Crippen LogP contribution in [0.3, 0.4) is 0 Å². The van der Waals surface area contributed by atoms with Crippen LogP contribution in [0.25, 0.3) is 0 Å². The van der Waals surface area contributed by atoms with Gasteiger partial charge in [0.15, 0.2) is 0 Å². The zero-order valence-corrected chi connectivity index (χ0v) is 16.2. The highest BCUT2D eigenvalue weighted by molar-refractivity contribution is 7.89. The summed E-state index contributed by atoms with van der Waals surface area (Å²) in [6.07, 6.45) is 2.29. The normalized spacial score (nSPS) is 11.7. The van der Waals surface area contributed by atoms with E-state index in [-0.39, 0.29) is 4.90 Å². The van der Waals surface area contributed by atoms with Gasteiger partial charge in [0, 0.05) is 5.56 Å². The molecular formula is C19H24N2O4S. The number of methoxy groups -OCH3 is 2. The van der Waals surface area contributed by atoms with Crippen molar-refractivity contribution in [3.8, 4) is 11.5 Å². The Hall–Kier alpha value is -2.54. The highest BCUT2D eigenvalue weighted by Crippen LogP contribution is 2.22. The molecule has 0 aromatic heterocycles. The van der Waals surface area contributed by atoms with Gasteiger partial charge in [-0.2, -0.15) is 13.5 Å². The molecule has 2 aromatic carbocycles. The van der Waals surface area contributed by atoms with Crippen LogP contribution in [0.2, 0.25) is 0 Å². The van der Waals surface area contributed by atoms with Crippen LogP contribution in [0.4, 0.5) is 0 Å². The third-order valence-electron chi connectivity index (χ3n) is 3.69. The van der Waals surface area contributed by atoms with Crippen LogP contribution < -0.4 is 14.3 Å². The van der Waals surface area contributed by atoms with E-state index in [1.807, 2.05) is 12.1 Å². The lowest BCUT2D eigenvalue weighted by molar-refractivity contribution is 0.402. The van der Waals surface area contributed by atoms with Crippen LogP contribution in [-0.2, 0) is 16.4 Å². The Morgan fingerprint density at radius 2 is 1.77 bits per heavy atom. The smallest absolute Gasteiger partial charge is 0.276 e. The van der Waals surface area contributed by atoms with Crippen LogP contribution in [-0.4, -0.2) is 28.9 Å².